The molecule has 0 aliphatic carbocycles. The van der Waals surface area contributed by atoms with Crippen molar-refractivity contribution < 1.29 is 0 Å². The molecule has 3 aromatic carbocycles. The maximum absolute atomic E-state index is 4.38. The van der Waals surface area contributed by atoms with E-state index >= 15 is 0 Å². The highest BCUT2D eigenvalue weighted by atomic mass is 32.2. The van der Waals surface area contributed by atoms with Crippen molar-refractivity contribution in [2.75, 3.05) is 12.3 Å². The van der Waals surface area contributed by atoms with Crippen LogP contribution in [0.25, 0.3) is 22.1 Å². The number of para-hydroxylation sites is 2. The van der Waals surface area contributed by atoms with E-state index in [1.165, 1.54) is 10.5 Å². The fraction of sp³-hybridized carbons (Fsp3) is 0.217. The summed E-state index contributed by atoms with van der Waals surface area (Å²) < 4.78 is 3.90. The van der Waals surface area contributed by atoms with Gasteiger partial charge in [-0.1, -0.05) is 52.9 Å². The minimum absolute atomic E-state index is 0.628. The molecule has 0 saturated carbocycles. The maximum atomic E-state index is 4.38. The minimum Gasteiger partial charge on any atom is -0.264 e. The van der Waals surface area contributed by atoms with Gasteiger partial charge in [-0.3, -0.25) is 4.90 Å². The molecular formula is C23H23N7S. The van der Waals surface area contributed by atoms with Gasteiger partial charge in [0.15, 0.2) is 0 Å². The van der Waals surface area contributed by atoms with Gasteiger partial charge in [-0.25, -0.2) is 9.36 Å². The van der Waals surface area contributed by atoms with Crippen LogP contribution in [0.5, 0.6) is 0 Å². The first-order valence-corrected chi connectivity index (χ1v) is 11.2. The third-order valence-electron chi connectivity index (χ3n) is 5.27. The van der Waals surface area contributed by atoms with Crippen molar-refractivity contribution in [3.8, 4) is 0 Å². The van der Waals surface area contributed by atoms with Crippen molar-refractivity contribution in [1.82, 2.24) is 34.9 Å². The van der Waals surface area contributed by atoms with Crippen LogP contribution in [-0.4, -0.2) is 47.2 Å². The van der Waals surface area contributed by atoms with Gasteiger partial charge in [-0.15, -0.1) is 22.0 Å². The average Bonchev–Trinajstić information content (AvgIpc) is 3.40. The zero-order chi connectivity index (χ0) is 21.0. The Bertz CT molecular complexity index is 1230. The van der Waals surface area contributed by atoms with Crippen LogP contribution < -0.4 is 0 Å². The molecule has 0 radical (unpaired) electrons. The quantitative estimate of drug-likeness (QED) is 0.345. The Balaban J connectivity index is 1.37. The van der Waals surface area contributed by atoms with Crippen molar-refractivity contribution >= 4 is 33.8 Å². The highest BCUT2D eigenvalue weighted by Crippen LogP contribution is 2.22. The van der Waals surface area contributed by atoms with E-state index in [4.69, 9.17) is 0 Å². The minimum atomic E-state index is 0.628. The summed E-state index contributed by atoms with van der Waals surface area (Å²) in [6, 6.07) is 24.6. The average molecular weight is 430 g/mol. The lowest BCUT2D eigenvalue weighted by Gasteiger charge is -2.22. The molecule has 31 heavy (non-hydrogen) atoms. The normalized spacial score (nSPS) is 11.7. The van der Waals surface area contributed by atoms with E-state index < -0.39 is 0 Å². The zero-order valence-corrected chi connectivity index (χ0v) is 18.1. The number of thioether (sulfide) groups is 1. The number of hydrogen-bond donors (Lipinski definition) is 0. The number of hydrogen-bond acceptors (Lipinski definition) is 6. The van der Waals surface area contributed by atoms with Crippen LogP contribution in [0.4, 0.5) is 0 Å². The van der Waals surface area contributed by atoms with E-state index in [0.29, 0.717) is 13.3 Å². The fourth-order valence-corrected chi connectivity index (χ4v) is 4.65. The van der Waals surface area contributed by atoms with Crippen molar-refractivity contribution in [2.24, 2.45) is 0 Å². The number of rotatable bonds is 8. The van der Waals surface area contributed by atoms with E-state index in [-0.39, 0.29) is 0 Å². The molecule has 7 nitrogen and oxygen atoms in total. The van der Waals surface area contributed by atoms with Crippen molar-refractivity contribution in [3.63, 3.8) is 0 Å². The number of benzene rings is 3. The van der Waals surface area contributed by atoms with Gasteiger partial charge < -0.3 is 0 Å². The highest BCUT2D eigenvalue weighted by molar-refractivity contribution is 7.99. The summed E-state index contributed by atoms with van der Waals surface area (Å²) in [6.07, 6.45) is 0. The third-order valence-corrected chi connectivity index (χ3v) is 6.42. The number of aryl methyl sites for hydroxylation is 1. The van der Waals surface area contributed by atoms with Crippen molar-refractivity contribution in [2.45, 2.75) is 25.2 Å². The van der Waals surface area contributed by atoms with Crippen LogP contribution in [0, 0.1) is 6.92 Å². The molecule has 156 valence electrons. The Morgan fingerprint density at radius 1 is 0.742 bits per heavy atom. The van der Waals surface area contributed by atoms with Gasteiger partial charge in [-0.2, -0.15) is 0 Å². The Kier molecular flexibility index (Phi) is 5.64. The molecule has 0 aliphatic heterocycles. The predicted molar refractivity (Wildman–Crippen MR) is 124 cm³/mol. The Labute approximate surface area is 184 Å². The first-order chi connectivity index (χ1) is 15.3. The van der Waals surface area contributed by atoms with Gasteiger partial charge in [-0.05, 0) is 42.8 Å². The van der Waals surface area contributed by atoms with Crippen molar-refractivity contribution in [1.29, 1.82) is 0 Å². The molecule has 5 aromatic rings. The smallest absolute Gasteiger partial charge is 0.113 e. The Hall–Kier alpha value is -3.23. The van der Waals surface area contributed by atoms with E-state index in [0.717, 1.165) is 34.4 Å². The molecule has 0 atom stereocenters. The van der Waals surface area contributed by atoms with Gasteiger partial charge in [0.25, 0.3) is 0 Å². The summed E-state index contributed by atoms with van der Waals surface area (Å²) in [5.74, 6) is 0.962. The second kappa shape index (κ2) is 8.87. The van der Waals surface area contributed by atoms with E-state index in [1.54, 1.807) is 0 Å². The summed E-state index contributed by atoms with van der Waals surface area (Å²) in [6.45, 7) is 4.29. The second-order valence-corrected chi connectivity index (χ2v) is 8.58. The van der Waals surface area contributed by atoms with Gasteiger partial charge in [0.05, 0.1) is 24.4 Å². The fourth-order valence-electron chi connectivity index (χ4n) is 3.61. The van der Waals surface area contributed by atoms with Gasteiger partial charge in [0.2, 0.25) is 0 Å². The molecule has 2 aromatic heterocycles. The third kappa shape index (κ3) is 4.30. The summed E-state index contributed by atoms with van der Waals surface area (Å²) in [5.41, 5.74) is 5.18. The maximum Gasteiger partial charge on any atom is 0.113 e. The molecule has 0 fully saturated rings. The molecule has 0 N–H and O–H groups in total. The molecular weight excluding hydrogens is 406 g/mol. The van der Waals surface area contributed by atoms with E-state index in [2.05, 4.69) is 68.8 Å². The molecule has 2 heterocycles. The van der Waals surface area contributed by atoms with Gasteiger partial charge in [0.1, 0.15) is 11.0 Å². The second-order valence-electron chi connectivity index (χ2n) is 7.45. The molecule has 0 spiro atoms. The van der Waals surface area contributed by atoms with Crippen LogP contribution >= 0.6 is 11.8 Å². The largest absolute Gasteiger partial charge is 0.264 e. The van der Waals surface area contributed by atoms with Crippen LogP contribution in [-0.2, 0) is 13.3 Å². The Morgan fingerprint density at radius 3 is 1.90 bits per heavy atom. The SMILES string of the molecule is Cc1ccccc1SCCN(Cn1nnc2ccccc21)Cn1nnc2ccccc21. The molecule has 0 saturated heterocycles. The monoisotopic (exact) mass is 429 g/mol. The summed E-state index contributed by atoms with van der Waals surface area (Å²) >= 11 is 1.88. The lowest BCUT2D eigenvalue weighted by atomic mass is 10.2. The highest BCUT2D eigenvalue weighted by Gasteiger charge is 2.13. The molecule has 8 heteroatoms. The summed E-state index contributed by atoms with van der Waals surface area (Å²) in [5, 5.41) is 17.4. The standard InChI is InChI=1S/C23H23N7S/c1-18-8-2-7-13-23(18)31-15-14-28(16-29-21-11-5-3-9-19(21)24-26-29)17-30-22-12-6-4-10-20(22)25-27-30/h2-13H,14-17H2,1H3. The summed E-state index contributed by atoms with van der Waals surface area (Å²) in [7, 11) is 0. The van der Waals surface area contributed by atoms with E-state index in [1.807, 2.05) is 57.5 Å². The first-order valence-electron chi connectivity index (χ1n) is 10.3. The molecule has 0 amide bonds. The first kappa shape index (κ1) is 19.7. The van der Waals surface area contributed by atoms with E-state index in [9.17, 15) is 0 Å². The number of nitrogens with zero attached hydrogens (tertiary/aromatic N) is 7. The van der Waals surface area contributed by atoms with Gasteiger partial charge in [0, 0.05) is 17.2 Å². The molecule has 5 rings (SSSR count). The van der Waals surface area contributed by atoms with Crippen LogP contribution in [0.15, 0.2) is 77.7 Å². The van der Waals surface area contributed by atoms with Crippen LogP contribution in [0.2, 0.25) is 0 Å². The summed E-state index contributed by atoms with van der Waals surface area (Å²) in [4.78, 5) is 3.65. The molecule has 0 bridgehead atoms. The topological polar surface area (TPSA) is 64.7 Å². The molecule has 0 unspecified atom stereocenters. The van der Waals surface area contributed by atoms with Crippen LogP contribution in [0.3, 0.4) is 0 Å². The van der Waals surface area contributed by atoms with Crippen molar-refractivity contribution in [3.05, 3.63) is 78.4 Å². The lowest BCUT2D eigenvalue weighted by molar-refractivity contribution is 0.166. The number of aromatic nitrogens is 6. The van der Waals surface area contributed by atoms with Crippen LogP contribution in [0.1, 0.15) is 5.56 Å². The Morgan fingerprint density at radius 2 is 1.29 bits per heavy atom. The predicted octanol–water partition coefficient (Wildman–Crippen LogP) is 4.19. The molecule has 0 aliphatic rings. The number of fused-ring (bicyclic) bond motifs is 2. The zero-order valence-electron chi connectivity index (χ0n) is 17.3. The van der Waals surface area contributed by atoms with Gasteiger partial charge >= 0.3 is 0 Å². The lowest BCUT2D eigenvalue weighted by Crippen LogP contribution is -2.32.